The van der Waals surface area contributed by atoms with Crippen molar-refractivity contribution >= 4 is 15.7 Å². The van der Waals surface area contributed by atoms with Crippen molar-refractivity contribution in [3.63, 3.8) is 0 Å². The maximum absolute atomic E-state index is 13.7. The van der Waals surface area contributed by atoms with Crippen molar-refractivity contribution < 1.29 is 17.2 Å². The van der Waals surface area contributed by atoms with Crippen LogP contribution in [-0.2, 0) is 16.6 Å². The number of furan rings is 1. The van der Waals surface area contributed by atoms with E-state index >= 15 is 0 Å². The van der Waals surface area contributed by atoms with Crippen molar-refractivity contribution in [2.45, 2.75) is 25.3 Å². The van der Waals surface area contributed by atoms with Crippen LogP contribution in [-0.4, -0.2) is 8.42 Å². The van der Waals surface area contributed by atoms with E-state index in [0.29, 0.717) is 11.3 Å². The van der Waals surface area contributed by atoms with Gasteiger partial charge in [-0.1, -0.05) is 12.1 Å². The van der Waals surface area contributed by atoms with Gasteiger partial charge in [0, 0.05) is 6.07 Å². The quantitative estimate of drug-likeness (QED) is 0.907. The van der Waals surface area contributed by atoms with Crippen molar-refractivity contribution in [1.29, 1.82) is 0 Å². The number of hydrogen-bond donors (Lipinski definition) is 2. The minimum absolute atomic E-state index is 0.0411. The van der Waals surface area contributed by atoms with E-state index in [0.717, 1.165) is 0 Å². The van der Waals surface area contributed by atoms with E-state index in [9.17, 15) is 12.8 Å². The molecule has 1 aromatic heterocycles. The Morgan fingerprint density at radius 3 is 2.60 bits per heavy atom. The molecule has 7 heteroatoms. The van der Waals surface area contributed by atoms with Crippen molar-refractivity contribution in [3.8, 4) is 0 Å². The average Bonchev–Trinajstić information content (AvgIpc) is 2.76. The van der Waals surface area contributed by atoms with E-state index in [1.165, 1.54) is 25.1 Å². The molecular weight excluding hydrogens is 283 g/mol. The fourth-order valence-corrected chi connectivity index (χ4v) is 3.19. The van der Waals surface area contributed by atoms with E-state index < -0.39 is 15.8 Å². The molecule has 5 nitrogen and oxygen atoms in total. The fraction of sp³-hybridized carbons (Fsp3) is 0.231. The van der Waals surface area contributed by atoms with E-state index in [-0.39, 0.29) is 22.9 Å². The summed E-state index contributed by atoms with van der Waals surface area (Å²) in [5.41, 5.74) is 5.83. The van der Waals surface area contributed by atoms with Crippen LogP contribution in [0.4, 0.5) is 10.1 Å². The molecule has 2 rings (SSSR count). The number of anilines is 1. The van der Waals surface area contributed by atoms with Gasteiger partial charge in [-0.15, -0.1) is 0 Å². The van der Waals surface area contributed by atoms with Crippen LogP contribution in [0.3, 0.4) is 0 Å². The van der Waals surface area contributed by atoms with Gasteiger partial charge in [0.15, 0.2) is 0 Å². The summed E-state index contributed by atoms with van der Waals surface area (Å²) >= 11 is 0. The molecule has 0 unspecified atom stereocenters. The zero-order valence-electron chi connectivity index (χ0n) is 11.1. The van der Waals surface area contributed by atoms with Crippen LogP contribution in [0.15, 0.2) is 33.6 Å². The molecule has 0 atom stereocenters. The number of rotatable bonds is 4. The standard InChI is InChI=1S/C13H15FN2O3S/c1-8-4-3-5-11(14)13(8)16-20(17,18)12-6-10(7-15)19-9(12)2/h3-6,16H,7,15H2,1-2H3. The van der Waals surface area contributed by atoms with Gasteiger partial charge in [0.1, 0.15) is 22.2 Å². The molecule has 0 saturated heterocycles. The van der Waals surface area contributed by atoms with Crippen molar-refractivity contribution in [1.82, 2.24) is 0 Å². The molecule has 3 N–H and O–H groups in total. The highest BCUT2D eigenvalue weighted by atomic mass is 32.2. The Morgan fingerprint density at radius 2 is 2.05 bits per heavy atom. The second-order valence-corrected chi connectivity index (χ2v) is 6.03. The monoisotopic (exact) mass is 298 g/mol. The van der Waals surface area contributed by atoms with Crippen LogP contribution in [0.5, 0.6) is 0 Å². The van der Waals surface area contributed by atoms with E-state index in [1.54, 1.807) is 13.0 Å². The Kier molecular flexibility index (Phi) is 3.82. The maximum atomic E-state index is 13.7. The normalized spacial score (nSPS) is 11.6. The van der Waals surface area contributed by atoms with Gasteiger partial charge in [-0.25, -0.2) is 12.8 Å². The lowest BCUT2D eigenvalue weighted by Crippen LogP contribution is -2.15. The predicted octanol–water partition coefficient (Wildman–Crippen LogP) is 2.30. The average molecular weight is 298 g/mol. The number of aryl methyl sites for hydroxylation is 2. The Bertz CT molecular complexity index is 718. The summed E-state index contributed by atoms with van der Waals surface area (Å²) in [6, 6.07) is 5.67. The number of para-hydroxylation sites is 1. The summed E-state index contributed by atoms with van der Waals surface area (Å²) in [6.45, 7) is 3.23. The third kappa shape index (κ3) is 2.68. The zero-order valence-corrected chi connectivity index (χ0v) is 11.9. The van der Waals surface area contributed by atoms with Crippen LogP contribution < -0.4 is 10.5 Å². The minimum atomic E-state index is -3.92. The number of hydrogen-bond acceptors (Lipinski definition) is 4. The molecule has 2 aromatic rings. The van der Waals surface area contributed by atoms with Gasteiger partial charge in [0.25, 0.3) is 10.0 Å². The Labute approximate surface area is 116 Å². The van der Waals surface area contributed by atoms with Gasteiger partial charge in [-0.05, 0) is 25.5 Å². The second-order valence-electron chi connectivity index (χ2n) is 4.37. The highest BCUT2D eigenvalue weighted by molar-refractivity contribution is 7.92. The molecule has 20 heavy (non-hydrogen) atoms. The first-order valence-electron chi connectivity index (χ1n) is 5.92. The summed E-state index contributed by atoms with van der Waals surface area (Å²) < 4.78 is 45.7. The SMILES string of the molecule is Cc1cccc(F)c1NS(=O)(=O)c1cc(CN)oc1C. The third-order valence-electron chi connectivity index (χ3n) is 2.87. The summed E-state index contributed by atoms with van der Waals surface area (Å²) in [5.74, 6) is -0.0613. The molecular formula is C13H15FN2O3S. The number of benzene rings is 1. The molecule has 0 spiro atoms. The molecule has 0 radical (unpaired) electrons. The maximum Gasteiger partial charge on any atom is 0.265 e. The van der Waals surface area contributed by atoms with Crippen LogP contribution >= 0.6 is 0 Å². The van der Waals surface area contributed by atoms with E-state index in [1.807, 2.05) is 0 Å². The van der Waals surface area contributed by atoms with Gasteiger partial charge in [0.2, 0.25) is 0 Å². The first-order chi connectivity index (χ1) is 9.35. The van der Waals surface area contributed by atoms with Crippen LogP contribution in [0, 0.1) is 19.7 Å². The highest BCUT2D eigenvalue weighted by Crippen LogP contribution is 2.26. The molecule has 0 bridgehead atoms. The van der Waals surface area contributed by atoms with E-state index in [2.05, 4.69) is 4.72 Å². The van der Waals surface area contributed by atoms with Crippen molar-refractivity contribution in [2.75, 3.05) is 4.72 Å². The molecule has 0 aliphatic heterocycles. The molecule has 1 heterocycles. The number of nitrogens with one attached hydrogen (secondary N) is 1. The molecule has 0 fully saturated rings. The predicted molar refractivity (Wildman–Crippen MR) is 73.3 cm³/mol. The Morgan fingerprint density at radius 1 is 1.35 bits per heavy atom. The highest BCUT2D eigenvalue weighted by Gasteiger charge is 2.23. The molecule has 1 aromatic carbocycles. The number of nitrogens with two attached hydrogens (primary N) is 1. The lowest BCUT2D eigenvalue weighted by molar-refractivity contribution is 0.479. The van der Waals surface area contributed by atoms with E-state index in [4.69, 9.17) is 10.2 Å². The first kappa shape index (κ1) is 14.5. The largest absolute Gasteiger partial charge is 0.464 e. The third-order valence-corrected chi connectivity index (χ3v) is 4.33. The summed E-state index contributed by atoms with van der Waals surface area (Å²) in [6.07, 6.45) is 0. The Hall–Kier alpha value is -1.86. The zero-order chi connectivity index (χ0) is 14.9. The number of halogens is 1. The molecule has 108 valence electrons. The second kappa shape index (κ2) is 5.26. The summed E-state index contributed by atoms with van der Waals surface area (Å²) in [5, 5.41) is 0. The molecule has 0 aliphatic carbocycles. The lowest BCUT2D eigenvalue weighted by atomic mass is 10.2. The number of sulfonamides is 1. The van der Waals surface area contributed by atoms with Crippen molar-refractivity contribution in [3.05, 3.63) is 47.2 Å². The van der Waals surface area contributed by atoms with Crippen molar-refractivity contribution in [2.24, 2.45) is 5.73 Å². The van der Waals surface area contributed by atoms with Gasteiger partial charge < -0.3 is 10.2 Å². The van der Waals surface area contributed by atoms with Gasteiger partial charge in [-0.2, -0.15) is 0 Å². The summed E-state index contributed by atoms with van der Waals surface area (Å²) in [7, 11) is -3.92. The molecule has 0 saturated carbocycles. The van der Waals surface area contributed by atoms with Gasteiger partial charge >= 0.3 is 0 Å². The first-order valence-corrected chi connectivity index (χ1v) is 7.41. The Balaban J connectivity index is 2.43. The fourth-order valence-electron chi connectivity index (χ4n) is 1.84. The van der Waals surface area contributed by atoms with Gasteiger partial charge in [-0.3, -0.25) is 4.72 Å². The topological polar surface area (TPSA) is 85.3 Å². The molecule has 0 aliphatic rings. The van der Waals surface area contributed by atoms with Crippen LogP contribution in [0.25, 0.3) is 0 Å². The minimum Gasteiger partial charge on any atom is -0.464 e. The van der Waals surface area contributed by atoms with Gasteiger partial charge in [0.05, 0.1) is 12.2 Å². The van der Waals surface area contributed by atoms with Crippen LogP contribution in [0.2, 0.25) is 0 Å². The lowest BCUT2D eigenvalue weighted by Gasteiger charge is -2.10. The van der Waals surface area contributed by atoms with Crippen LogP contribution in [0.1, 0.15) is 17.1 Å². The summed E-state index contributed by atoms with van der Waals surface area (Å²) in [4.78, 5) is -0.0411. The molecule has 0 amide bonds. The smallest absolute Gasteiger partial charge is 0.265 e.